The molecule has 1 atom stereocenters. The van der Waals surface area contributed by atoms with E-state index in [1.54, 1.807) is 23.0 Å². The molecule has 0 radical (unpaired) electrons. The fraction of sp³-hybridized carbons (Fsp3) is 0.333. The monoisotopic (exact) mass is 570 g/mol. The van der Waals surface area contributed by atoms with Crippen LogP contribution in [0.4, 0.5) is 10.6 Å². The van der Waals surface area contributed by atoms with E-state index in [1.807, 2.05) is 6.07 Å². The van der Waals surface area contributed by atoms with Gasteiger partial charge in [0.1, 0.15) is 18.1 Å². The molecule has 36 heavy (non-hydrogen) atoms. The third kappa shape index (κ3) is 5.95. The Morgan fingerprint density at radius 2 is 2.17 bits per heavy atom. The summed E-state index contributed by atoms with van der Waals surface area (Å²) in [5, 5.41) is 9.29. The molecule has 1 unspecified atom stereocenters. The first-order valence-corrected chi connectivity index (χ1v) is 14.7. The summed E-state index contributed by atoms with van der Waals surface area (Å²) in [6, 6.07) is 4.49. The number of nitrogens with zero attached hydrogens (tertiary/aromatic N) is 5. The Balaban J connectivity index is 1.70. The second kappa shape index (κ2) is 11.1. The molecule has 11 nitrogen and oxygen atoms in total. The van der Waals surface area contributed by atoms with E-state index in [0.717, 1.165) is 11.1 Å². The molecule has 4 rings (SSSR count). The van der Waals surface area contributed by atoms with Crippen LogP contribution in [0.3, 0.4) is 0 Å². The summed E-state index contributed by atoms with van der Waals surface area (Å²) in [6.45, 7) is 4.09. The third-order valence-corrected chi connectivity index (χ3v) is 8.44. The van der Waals surface area contributed by atoms with E-state index in [-0.39, 0.29) is 31.9 Å². The number of hydrogen-bond acceptors (Lipinski definition) is 10. The number of nitrogens with one attached hydrogen (secondary N) is 1. The lowest BCUT2D eigenvalue weighted by Gasteiger charge is -2.38. The number of aromatic nitrogens is 3. The van der Waals surface area contributed by atoms with Gasteiger partial charge in [0.2, 0.25) is 10.0 Å². The molecule has 192 valence electrons. The summed E-state index contributed by atoms with van der Waals surface area (Å²) >= 11 is 8.70. The van der Waals surface area contributed by atoms with Crippen LogP contribution in [0.5, 0.6) is 0 Å². The molecular formula is C21H23ClN6O5S3. The zero-order valence-corrected chi connectivity index (χ0v) is 22.4. The van der Waals surface area contributed by atoms with E-state index in [1.165, 1.54) is 42.6 Å². The Kier molecular flexibility index (Phi) is 8.10. The van der Waals surface area contributed by atoms with Gasteiger partial charge in [-0.25, -0.2) is 18.2 Å². The molecule has 0 spiro atoms. The number of amides is 1. The van der Waals surface area contributed by atoms with Crippen molar-refractivity contribution >= 4 is 62.1 Å². The Morgan fingerprint density at radius 1 is 1.36 bits per heavy atom. The fourth-order valence-electron chi connectivity index (χ4n) is 3.64. The number of ether oxygens (including phenoxy) is 1. The predicted molar refractivity (Wildman–Crippen MR) is 138 cm³/mol. The minimum Gasteiger partial charge on any atom is -0.445 e. The number of carbonyl (C=O) groups excluding carboxylic acids is 2. The molecule has 4 heterocycles. The third-order valence-electron chi connectivity index (χ3n) is 5.36. The van der Waals surface area contributed by atoms with Crippen molar-refractivity contribution in [1.82, 2.24) is 24.0 Å². The van der Waals surface area contributed by atoms with Crippen molar-refractivity contribution in [2.24, 2.45) is 0 Å². The molecule has 1 fully saturated rings. The first-order valence-electron chi connectivity index (χ1n) is 10.7. The lowest BCUT2D eigenvalue weighted by Crippen LogP contribution is -2.52. The summed E-state index contributed by atoms with van der Waals surface area (Å²) in [5.74, 6) is -0.103. The highest BCUT2D eigenvalue weighted by Gasteiger charge is 2.38. The maximum Gasteiger partial charge on any atom is 0.410 e. The highest BCUT2D eigenvalue weighted by Crippen LogP contribution is 2.30. The number of piperazine rings is 1. The Bertz CT molecular complexity index is 1350. The van der Waals surface area contributed by atoms with Crippen LogP contribution in [0.25, 0.3) is 0 Å². The van der Waals surface area contributed by atoms with Gasteiger partial charge in [-0.05, 0) is 12.1 Å². The summed E-state index contributed by atoms with van der Waals surface area (Å²) in [4.78, 5) is 32.4. The second-order valence-electron chi connectivity index (χ2n) is 7.80. The average molecular weight is 571 g/mol. The minimum absolute atomic E-state index is 0.00474. The molecular weight excluding hydrogens is 548 g/mol. The average Bonchev–Trinajstić information content (AvgIpc) is 3.61. The number of thiazole rings is 1. The second-order valence-corrected chi connectivity index (χ2v) is 12.3. The van der Waals surface area contributed by atoms with E-state index in [2.05, 4.69) is 22.0 Å². The van der Waals surface area contributed by atoms with Crippen molar-refractivity contribution in [3.05, 3.63) is 62.3 Å². The van der Waals surface area contributed by atoms with Crippen LogP contribution in [0.2, 0.25) is 4.34 Å². The van der Waals surface area contributed by atoms with Gasteiger partial charge in [0.05, 0.1) is 34.4 Å². The standard InChI is InChI=1S/C21H23ClN6O5S3/c1-3-8-33-21(30)27-7-6-26(36(2,31)32)11-17(27)15-9-19(23-10-14-4-5-18(22)35-14)28(25-15)20(29)16-12-34-13-24-16/h3-5,9,12-13,17,23H,1,6-8,10-11H2,2H3. The van der Waals surface area contributed by atoms with Gasteiger partial charge in [0.15, 0.2) is 0 Å². The van der Waals surface area contributed by atoms with Crippen LogP contribution in [0.15, 0.2) is 41.7 Å². The number of carbonyl (C=O) groups is 2. The highest BCUT2D eigenvalue weighted by atomic mass is 35.5. The summed E-state index contributed by atoms with van der Waals surface area (Å²) in [6.07, 6.45) is 1.93. The van der Waals surface area contributed by atoms with Crippen molar-refractivity contribution < 1.29 is 22.7 Å². The first-order chi connectivity index (χ1) is 17.2. The molecule has 0 bridgehead atoms. The van der Waals surface area contributed by atoms with Crippen LogP contribution in [-0.2, 0) is 21.3 Å². The molecule has 3 aromatic heterocycles. The first kappa shape index (κ1) is 26.3. The molecule has 3 aromatic rings. The number of halogens is 1. The van der Waals surface area contributed by atoms with Gasteiger partial charge in [-0.15, -0.1) is 22.7 Å². The Morgan fingerprint density at radius 3 is 2.81 bits per heavy atom. The van der Waals surface area contributed by atoms with Crippen LogP contribution in [0, 0.1) is 0 Å². The number of sulfonamides is 1. The van der Waals surface area contributed by atoms with E-state index in [4.69, 9.17) is 16.3 Å². The summed E-state index contributed by atoms with van der Waals surface area (Å²) < 4.78 is 32.9. The number of hydrogen-bond donors (Lipinski definition) is 1. The molecule has 1 aliphatic heterocycles. The summed E-state index contributed by atoms with van der Waals surface area (Å²) in [7, 11) is -3.53. The van der Waals surface area contributed by atoms with Gasteiger partial charge in [-0.2, -0.15) is 14.1 Å². The largest absolute Gasteiger partial charge is 0.445 e. The van der Waals surface area contributed by atoms with Gasteiger partial charge >= 0.3 is 6.09 Å². The van der Waals surface area contributed by atoms with E-state index in [9.17, 15) is 18.0 Å². The topological polar surface area (TPSA) is 127 Å². The lowest BCUT2D eigenvalue weighted by molar-refractivity contribution is 0.0693. The Hall–Kier alpha value is -2.78. The Labute approximate surface area is 221 Å². The smallest absolute Gasteiger partial charge is 0.410 e. The predicted octanol–water partition coefficient (Wildman–Crippen LogP) is 3.30. The van der Waals surface area contributed by atoms with Gasteiger partial charge in [-0.3, -0.25) is 9.69 Å². The maximum absolute atomic E-state index is 13.2. The molecule has 1 aliphatic rings. The SMILES string of the molecule is C=CCOC(=O)N1CCN(S(C)(=O)=O)CC1c1cc(NCc2ccc(Cl)s2)n(C(=O)c2cscn2)n1. The maximum atomic E-state index is 13.2. The molecule has 15 heteroatoms. The van der Waals surface area contributed by atoms with Crippen molar-refractivity contribution in [1.29, 1.82) is 0 Å². The van der Waals surface area contributed by atoms with E-state index >= 15 is 0 Å². The van der Waals surface area contributed by atoms with Crippen molar-refractivity contribution in [2.45, 2.75) is 12.6 Å². The molecule has 1 amide bonds. The molecule has 1 N–H and O–H groups in total. The quantitative estimate of drug-likeness (QED) is 0.409. The normalized spacial score (nSPS) is 16.6. The number of thiophene rings is 1. The van der Waals surface area contributed by atoms with Crippen molar-refractivity contribution in [2.75, 3.05) is 37.8 Å². The molecule has 1 saturated heterocycles. The zero-order chi connectivity index (χ0) is 25.9. The van der Waals surface area contributed by atoms with Crippen LogP contribution in [0.1, 0.15) is 27.1 Å². The lowest BCUT2D eigenvalue weighted by atomic mass is 10.1. The van der Waals surface area contributed by atoms with Crippen molar-refractivity contribution in [3.63, 3.8) is 0 Å². The van der Waals surface area contributed by atoms with Gasteiger partial charge in [0, 0.05) is 36.0 Å². The van der Waals surface area contributed by atoms with E-state index in [0.29, 0.717) is 22.4 Å². The van der Waals surface area contributed by atoms with E-state index < -0.39 is 28.1 Å². The van der Waals surface area contributed by atoms with Gasteiger partial charge in [-0.1, -0.05) is 24.3 Å². The van der Waals surface area contributed by atoms with Gasteiger partial charge < -0.3 is 10.1 Å². The number of rotatable bonds is 8. The summed E-state index contributed by atoms with van der Waals surface area (Å²) in [5.41, 5.74) is 2.08. The van der Waals surface area contributed by atoms with Crippen LogP contribution < -0.4 is 5.32 Å². The van der Waals surface area contributed by atoms with Gasteiger partial charge in [0.25, 0.3) is 5.91 Å². The van der Waals surface area contributed by atoms with Crippen LogP contribution in [-0.4, -0.2) is 76.9 Å². The zero-order valence-electron chi connectivity index (χ0n) is 19.2. The fourth-order valence-corrected chi connectivity index (χ4v) is 6.02. The van der Waals surface area contributed by atoms with Crippen molar-refractivity contribution in [3.8, 4) is 0 Å². The molecule has 0 saturated carbocycles. The molecule has 0 aliphatic carbocycles. The van der Waals surface area contributed by atoms with Crippen LogP contribution >= 0.6 is 34.3 Å². The highest BCUT2D eigenvalue weighted by molar-refractivity contribution is 7.88. The minimum atomic E-state index is -3.53. The molecule has 0 aromatic carbocycles. The number of anilines is 1.